The zero-order valence-electron chi connectivity index (χ0n) is 6.04. The lowest BCUT2D eigenvalue weighted by Crippen LogP contribution is -2.03. The van der Waals surface area contributed by atoms with Gasteiger partial charge in [0.2, 0.25) is 5.76 Å². The van der Waals surface area contributed by atoms with Gasteiger partial charge in [-0.25, -0.2) is 4.79 Å². The van der Waals surface area contributed by atoms with Gasteiger partial charge in [0.05, 0.1) is 0 Å². The molecule has 12 heavy (non-hydrogen) atoms. The molecule has 0 unspecified atom stereocenters. The van der Waals surface area contributed by atoms with Crippen LogP contribution in [-0.2, 0) is 4.74 Å². The largest absolute Gasteiger partial charge is 0.447 e. The van der Waals surface area contributed by atoms with Crippen LogP contribution in [0.2, 0.25) is 5.22 Å². The van der Waals surface area contributed by atoms with Crippen molar-refractivity contribution in [1.82, 2.24) is 0 Å². The summed E-state index contributed by atoms with van der Waals surface area (Å²) in [6.07, 6.45) is 4.88. The van der Waals surface area contributed by atoms with E-state index in [9.17, 15) is 4.79 Å². The molecule has 0 radical (unpaired) electrons. The monoisotopic (exact) mass is 184 g/mol. The summed E-state index contributed by atoms with van der Waals surface area (Å²) in [7, 11) is 0. The Morgan fingerprint density at radius 3 is 3.00 bits per heavy atom. The van der Waals surface area contributed by atoms with E-state index in [-0.39, 0.29) is 17.6 Å². The Morgan fingerprint density at radius 1 is 1.75 bits per heavy atom. The molecule has 3 nitrogen and oxygen atoms in total. The zero-order chi connectivity index (χ0) is 8.97. The van der Waals surface area contributed by atoms with Crippen molar-refractivity contribution in [3.8, 4) is 12.3 Å². The van der Waals surface area contributed by atoms with Gasteiger partial charge in [0.1, 0.15) is 0 Å². The van der Waals surface area contributed by atoms with Crippen LogP contribution in [-0.4, -0.2) is 12.6 Å². The van der Waals surface area contributed by atoms with Crippen LogP contribution in [0.3, 0.4) is 0 Å². The quantitative estimate of drug-likeness (QED) is 0.519. The van der Waals surface area contributed by atoms with E-state index in [0.717, 1.165) is 0 Å². The molecular weight excluding hydrogens is 180 g/mol. The van der Waals surface area contributed by atoms with Crippen molar-refractivity contribution in [2.24, 2.45) is 0 Å². The van der Waals surface area contributed by atoms with Gasteiger partial charge in [-0.2, -0.15) is 0 Å². The molecule has 0 saturated heterocycles. The number of terminal acetylenes is 1. The Labute approximate surface area is 74.3 Å². The number of esters is 1. The van der Waals surface area contributed by atoms with Crippen LogP contribution in [0.25, 0.3) is 0 Å². The molecule has 1 aromatic heterocycles. The normalized spacial score (nSPS) is 9.00. The van der Waals surface area contributed by atoms with E-state index in [1.807, 2.05) is 0 Å². The zero-order valence-corrected chi connectivity index (χ0v) is 6.80. The van der Waals surface area contributed by atoms with Crippen molar-refractivity contribution in [1.29, 1.82) is 0 Å². The smallest absolute Gasteiger partial charge is 0.375 e. The standard InChI is InChI=1S/C8H5ClO3/c1-2-5-11-8(10)6-3-4-7(9)12-6/h1,3-4H,5H2. The first-order chi connectivity index (χ1) is 5.74. The highest BCUT2D eigenvalue weighted by molar-refractivity contribution is 6.29. The Balaban J connectivity index is 2.61. The summed E-state index contributed by atoms with van der Waals surface area (Å²) < 4.78 is 9.33. The first-order valence-corrected chi connectivity index (χ1v) is 3.48. The van der Waals surface area contributed by atoms with E-state index < -0.39 is 5.97 Å². The number of carbonyl (C=O) groups excluding carboxylic acids is 1. The Kier molecular flexibility index (Phi) is 2.78. The molecule has 0 fully saturated rings. The summed E-state index contributed by atoms with van der Waals surface area (Å²) in [4.78, 5) is 10.9. The van der Waals surface area contributed by atoms with Crippen molar-refractivity contribution in [3.63, 3.8) is 0 Å². The molecule has 0 amide bonds. The van der Waals surface area contributed by atoms with Gasteiger partial charge in [0, 0.05) is 0 Å². The van der Waals surface area contributed by atoms with Crippen molar-refractivity contribution in [2.45, 2.75) is 0 Å². The maximum absolute atomic E-state index is 10.9. The van der Waals surface area contributed by atoms with Crippen LogP contribution in [0.15, 0.2) is 16.5 Å². The molecule has 0 aliphatic rings. The van der Waals surface area contributed by atoms with E-state index in [1.165, 1.54) is 12.1 Å². The Morgan fingerprint density at radius 2 is 2.50 bits per heavy atom. The van der Waals surface area contributed by atoms with Gasteiger partial charge in [0.15, 0.2) is 11.8 Å². The van der Waals surface area contributed by atoms with Crippen molar-refractivity contribution in [2.75, 3.05) is 6.61 Å². The second kappa shape index (κ2) is 3.84. The maximum atomic E-state index is 10.9. The first-order valence-electron chi connectivity index (χ1n) is 3.10. The van der Waals surface area contributed by atoms with Crippen LogP contribution in [0.5, 0.6) is 0 Å². The highest BCUT2D eigenvalue weighted by Gasteiger charge is 2.10. The third kappa shape index (κ3) is 2.04. The summed E-state index contributed by atoms with van der Waals surface area (Å²) in [5.74, 6) is 1.60. The molecule has 0 aliphatic carbocycles. The topological polar surface area (TPSA) is 39.4 Å². The van der Waals surface area contributed by atoms with Crippen molar-refractivity contribution in [3.05, 3.63) is 23.1 Å². The van der Waals surface area contributed by atoms with E-state index in [1.54, 1.807) is 0 Å². The summed E-state index contributed by atoms with van der Waals surface area (Å²) in [6.45, 7) is -0.0723. The van der Waals surface area contributed by atoms with Gasteiger partial charge >= 0.3 is 5.97 Å². The number of halogens is 1. The molecule has 62 valence electrons. The van der Waals surface area contributed by atoms with Crippen LogP contribution in [0, 0.1) is 12.3 Å². The number of carbonyl (C=O) groups is 1. The second-order valence-electron chi connectivity index (χ2n) is 1.88. The van der Waals surface area contributed by atoms with E-state index in [0.29, 0.717) is 0 Å². The van der Waals surface area contributed by atoms with Gasteiger partial charge in [-0.1, -0.05) is 5.92 Å². The van der Waals surface area contributed by atoms with Gasteiger partial charge < -0.3 is 9.15 Å². The molecule has 0 spiro atoms. The number of ether oxygens (including phenoxy) is 1. The molecular formula is C8H5ClO3. The van der Waals surface area contributed by atoms with Crippen molar-refractivity contribution < 1.29 is 13.9 Å². The number of furan rings is 1. The molecule has 0 N–H and O–H groups in total. The molecule has 0 aliphatic heterocycles. The number of rotatable bonds is 2. The lowest BCUT2D eigenvalue weighted by Gasteiger charge is -1.94. The van der Waals surface area contributed by atoms with Gasteiger partial charge in [-0.15, -0.1) is 6.42 Å². The van der Waals surface area contributed by atoms with Gasteiger partial charge in [0.25, 0.3) is 0 Å². The molecule has 1 heterocycles. The van der Waals surface area contributed by atoms with E-state index in [4.69, 9.17) is 22.4 Å². The molecule has 0 atom stereocenters. The Bertz CT molecular complexity index is 321. The lowest BCUT2D eigenvalue weighted by molar-refractivity contribution is 0.0521. The number of hydrogen-bond donors (Lipinski definition) is 0. The average molecular weight is 185 g/mol. The van der Waals surface area contributed by atoms with Crippen LogP contribution in [0.1, 0.15) is 10.6 Å². The predicted octanol–water partition coefficient (Wildman–Crippen LogP) is 1.72. The van der Waals surface area contributed by atoms with E-state index >= 15 is 0 Å². The molecule has 0 aromatic carbocycles. The number of hydrogen-bond acceptors (Lipinski definition) is 3. The van der Waals surface area contributed by atoms with Crippen LogP contribution in [0.4, 0.5) is 0 Å². The first kappa shape index (κ1) is 8.69. The summed E-state index contributed by atoms with van der Waals surface area (Å²) in [5, 5.41) is 0.141. The predicted molar refractivity (Wildman–Crippen MR) is 42.8 cm³/mol. The summed E-state index contributed by atoms with van der Waals surface area (Å²) >= 11 is 5.42. The van der Waals surface area contributed by atoms with Crippen LogP contribution < -0.4 is 0 Å². The SMILES string of the molecule is C#CCOC(=O)c1ccc(Cl)o1. The fourth-order valence-electron chi connectivity index (χ4n) is 0.602. The second-order valence-corrected chi connectivity index (χ2v) is 2.26. The third-order valence-electron chi connectivity index (χ3n) is 1.06. The minimum absolute atomic E-state index is 0.0512. The average Bonchev–Trinajstić information content (AvgIpc) is 2.47. The Hall–Kier alpha value is -1.40. The fourth-order valence-corrected chi connectivity index (χ4v) is 0.748. The van der Waals surface area contributed by atoms with Crippen LogP contribution >= 0.6 is 11.6 Å². The highest BCUT2D eigenvalue weighted by Crippen LogP contribution is 2.13. The van der Waals surface area contributed by atoms with Gasteiger partial charge in [-0.3, -0.25) is 0 Å². The fraction of sp³-hybridized carbons (Fsp3) is 0.125. The lowest BCUT2D eigenvalue weighted by atomic mass is 10.5. The summed E-state index contributed by atoms with van der Waals surface area (Å²) in [5.41, 5.74) is 0. The van der Waals surface area contributed by atoms with E-state index in [2.05, 4.69) is 10.7 Å². The molecule has 1 rings (SSSR count). The molecule has 1 aromatic rings. The maximum Gasteiger partial charge on any atom is 0.375 e. The third-order valence-corrected chi connectivity index (χ3v) is 1.26. The minimum Gasteiger partial charge on any atom is -0.447 e. The molecule has 0 saturated carbocycles. The van der Waals surface area contributed by atoms with Crippen molar-refractivity contribution >= 4 is 17.6 Å². The summed E-state index contributed by atoms with van der Waals surface area (Å²) in [6, 6.07) is 2.87. The minimum atomic E-state index is -0.611. The molecule has 0 bridgehead atoms. The van der Waals surface area contributed by atoms with Gasteiger partial charge in [-0.05, 0) is 23.7 Å². The highest BCUT2D eigenvalue weighted by atomic mass is 35.5. The molecule has 4 heteroatoms.